The van der Waals surface area contributed by atoms with Crippen LogP contribution in [0.2, 0.25) is 0 Å². The topological polar surface area (TPSA) is 66.8 Å². The van der Waals surface area contributed by atoms with Gasteiger partial charge in [-0.3, -0.25) is 9.59 Å². The molecular formula is C25H23NO4S. The van der Waals surface area contributed by atoms with Crippen LogP contribution in [0.3, 0.4) is 0 Å². The summed E-state index contributed by atoms with van der Waals surface area (Å²) in [6, 6.07) is 16.1. The van der Waals surface area contributed by atoms with Gasteiger partial charge in [0, 0.05) is 10.4 Å². The van der Waals surface area contributed by atoms with Crippen LogP contribution in [0.4, 0.5) is 0 Å². The maximum atomic E-state index is 13.1. The summed E-state index contributed by atoms with van der Waals surface area (Å²) < 4.78 is 5.30. The van der Waals surface area contributed by atoms with Gasteiger partial charge in [0.05, 0.1) is 25.3 Å². The molecule has 4 rings (SSSR count). The highest BCUT2D eigenvalue weighted by atomic mass is 32.1. The quantitative estimate of drug-likeness (QED) is 0.350. The van der Waals surface area contributed by atoms with Crippen LogP contribution in [0.15, 0.2) is 65.6 Å². The lowest BCUT2D eigenvalue weighted by Crippen LogP contribution is -2.28. The molecule has 0 spiro atoms. The Hall–Kier alpha value is -3.38. The van der Waals surface area contributed by atoms with E-state index in [1.165, 1.54) is 11.3 Å². The van der Waals surface area contributed by atoms with Crippen molar-refractivity contribution in [1.29, 1.82) is 0 Å². The molecule has 2 heterocycles. The van der Waals surface area contributed by atoms with Crippen LogP contribution in [0, 0.1) is 13.8 Å². The van der Waals surface area contributed by atoms with Crippen molar-refractivity contribution in [3.8, 4) is 5.75 Å². The molecule has 158 valence electrons. The molecule has 1 saturated heterocycles. The Morgan fingerprint density at radius 1 is 1.10 bits per heavy atom. The van der Waals surface area contributed by atoms with Crippen LogP contribution in [0.25, 0.3) is 5.76 Å². The molecule has 1 aliphatic rings. The van der Waals surface area contributed by atoms with Crippen LogP contribution in [-0.4, -0.2) is 28.8 Å². The Bertz CT molecular complexity index is 1180. The highest BCUT2D eigenvalue weighted by molar-refractivity contribution is 7.09. The number of carbonyl (C=O) groups excluding carboxylic acids is 2. The van der Waals surface area contributed by atoms with Crippen molar-refractivity contribution in [3.63, 3.8) is 0 Å². The predicted octanol–water partition coefficient (Wildman–Crippen LogP) is 5.00. The number of nitrogens with zero attached hydrogens (tertiary/aromatic N) is 1. The second kappa shape index (κ2) is 8.40. The Kier molecular flexibility index (Phi) is 5.65. The summed E-state index contributed by atoms with van der Waals surface area (Å²) in [6.45, 7) is 4.13. The van der Waals surface area contributed by atoms with E-state index in [9.17, 15) is 14.7 Å². The molecule has 1 unspecified atom stereocenters. The molecule has 1 N–H and O–H groups in total. The van der Waals surface area contributed by atoms with E-state index in [1.54, 1.807) is 30.2 Å². The third kappa shape index (κ3) is 3.86. The Morgan fingerprint density at radius 2 is 1.90 bits per heavy atom. The summed E-state index contributed by atoms with van der Waals surface area (Å²) in [5, 5.41) is 13.1. The largest absolute Gasteiger partial charge is 0.507 e. The maximum absolute atomic E-state index is 13.1. The summed E-state index contributed by atoms with van der Waals surface area (Å²) >= 11 is 1.53. The first-order valence-corrected chi connectivity index (χ1v) is 10.8. The SMILES string of the molecule is COc1ccc(/C(O)=C2/C(=O)C(=O)N(Cc3cccs3)C2c2cccc(C)c2)cc1C. The zero-order valence-electron chi connectivity index (χ0n) is 17.6. The van der Waals surface area contributed by atoms with Crippen molar-refractivity contribution in [2.45, 2.75) is 26.4 Å². The monoisotopic (exact) mass is 433 g/mol. The lowest BCUT2D eigenvalue weighted by atomic mass is 9.94. The van der Waals surface area contributed by atoms with Gasteiger partial charge < -0.3 is 14.7 Å². The first-order valence-electron chi connectivity index (χ1n) is 9.93. The Balaban J connectivity index is 1.87. The van der Waals surface area contributed by atoms with Crippen LogP contribution >= 0.6 is 11.3 Å². The Morgan fingerprint density at radius 3 is 2.55 bits per heavy atom. The summed E-state index contributed by atoms with van der Waals surface area (Å²) in [5.74, 6) is -0.769. The molecule has 0 aliphatic carbocycles. The molecule has 0 radical (unpaired) electrons. The van der Waals surface area contributed by atoms with Crippen molar-refractivity contribution < 1.29 is 19.4 Å². The predicted molar refractivity (Wildman–Crippen MR) is 121 cm³/mol. The van der Waals surface area contributed by atoms with Gasteiger partial charge in [-0.1, -0.05) is 35.9 Å². The van der Waals surface area contributed by atoms with Crippen molar-refractivity contribution >= 4 is 28.8 Å². The average molecular weight is 434 g/mol. The van der Waals surface area contributed by atoms with Crippen molar-refractivity contribution in [1.82, 2.24) is 4.90 Å². The zero-order valence-corrected chi connectivity index (χ0v) is 18.4. The van der Waals surface area contributed by atoms with Gasteiger partial charge in [-0.15, -0.1) is 11.3 Å². The third-order valence-corrected chi connectivity index (χ3v) is 6.33. The van der Waals surface area contributed by atoms with Gasteiger partial charge in [-0.05, 0) is 54.6 Å². The van der Waals surface area contributed by atoms with Crippen LogP contribution in [0.5, 0.6) is 5.75 Å². The van der Waals surface area contributed by atoms with Crippen LogP contribution < -0.4 is 4.74 Å². The van der Waals surface area contributed by atoms with Crippen LogP contribution in [-0.2, 0) is 16.1 Å². The van der Waals surface area contributed by atoms with Gasteiger partial charge in [0.1, 0.15) is 11.5 Å². The summed E-state index contributed by atoms with van der Waals surface area (Å²) in [6.07, 6.45) is 0. The lowest BCUT2D eigenvalue weighted by Gasteiger charge is -2.25. The molecule has 31 heavy (non-hydrogen) atoms. The van der Waals surface area contributed by atoms with E-state index in [4.69, 9.17) is 4.74 Å². The number of Topliss-reactive ketones (excluding diaryl/α,β-unsaturated/α-hetero) is 1. The van der Waals surface area contributed by atoms with Gasteiger partial charge in [-0.2, -0.15) is 0 Å². The highest BCUT2D eigenvalue weighted by Gasteiger charge is 2.46. The molecular weight excluding hydrogens is 410 g/mol. The first-order chi connectivity index (χ1) is 14.9. The van der Waals surface area contributed by atoms with E-state index in [0.717, 1.165) is 21.6 Å². The molecule has 6 heteroatoms. The molecule has 5 nitrogen and oxygen atoms in total. The number of hydrogen-bond donors (Lipinski definition) is 1. The van der Waals surface area contributed by atoms with Gasteiger partial charge >= 0.3 is 0 Å². The minimum atomic E-state index is -0.672. The highest BCUT2D eigenvalue weighted by Crippen LogP contribution is 2.41. The molecule has 1 amide bonds. The number of rotatable bonds is 5. The number of aliphatic hydroxyl groups excluding tert-OH is 1. The van der Waals surface area contributed by atoms with Gasteiger partial charge in [0.25, 0.3) is 11.7 Å². The van der Waals surface area contributed by atoms with E-state index in [0.29, 0.717) is 17.9 Å². The summed E-state index contributed by atoms with van der Waals surface area (Å²) in [4.78, 5) is 28.7. The molecule has 2 aromatic carbocycles. The van der Waals surface area contributed by atoms with E-state index >= 15 is 0 Å². The number of likely N-dealkylation sites (tertiary alicyclic amines) is 1. The number of aliphatic hydroxyl groups is 1. The zero-order chi connectivity index (χ0) is 22.1. The third-order valence-electron chi connectivity index (χ3n) is 5.47. The van der Waals surface area contributed by atoms with E-state index in [-0.39, 0.29) is 11.3 Å². The second-order valence-electron chi connectivity index (χ2n) is 7.60. The fourth-order valence-electron chi connectivity index (χ4n) is 3.98. The lowest BCUT2D eigenvalue weighted by molar-refractivity contribution is -0.140. The van der Waals surface area contributed by atoms with Gasteiger partial charge in [-0.25, -0.2) is 0 Å². The number of ketones is 1. The standard InChI is InChI=1S/C25H23NO4S/c1-15-6-4-7-17(12-15)22-21(23(27)18-9-10-20(30-3)16(2)13-18)24(28)25(29)26(22)14-19-8-5-11-31-19/h4-13,22,27H,14H2,1-3H3/b23-21-. The number of aryl methyl sites for hydroxylation is 2. The summed E-state index contributed by atoms with van der Waals surface area (Å²) in [5.41, 5.74) is 3.22. The summed E-state index contributed by atoms with van der Waals surface area (Å²) in [7, 11) is 1.58. The minimum Gasteiger partial charge on any atom is -0.507 e. The number of benzene rings is 2. The molecule has 1 aromatic heterocycles. The molecule has 0 saturated carbocycles. The van der Waals surface area contributed by atoms with E-state index in [2.05, 4.69) is 0 Å². The van der Waals surface area contributed by atoms with E-state index in [1.807, 2.05) is 55.6 Å². The van der Waals surface area contributed by atoms with Gasteiger partial charge in [0.2, 0.25) is 0 Å². The van der Waals surface area contributed by atoms with Gasteiger partial charge in [0.15, 0.2) is 0 Å². The van der Waals surface area contributed by atoms with E-state index < -0.39 is 17.7 Å². The molecule has 0 bridgehead atoms. The molecule has 1 atom stereocenters. The number of amides is 1. The van der Waals surface area contributed by atoms with Crippen molar-refractivity contribution in [3.05, 3.63) is 92.7 Å². The molecule has 1 fully saturated rings. The normalized spacial score (nSPS) is 17.9. The molecule has 3 aromatic rings. The van der Waals surface area contributed by atoms with Crippen LogP contribution in [0.1, 0.15) is 33.2 Å². The number of carbonyl (C=O) groups is 2. The fraction of sp³-hybridized carbons (Fsp3) is 0.200. The van der Waals surface area contributed by atoms with Crippen molar-refractivity contribution in [2.24, 2.45) is 0 Å². The average Bonchev–Trinajstić information content (AvgIpc) is 3.35. The number of ether oxygens (including phenoxy) is 1. The van der Waals surface area contributed by atoms with Crippen molar-refractivity contribution in [2.75, 3.05) is 7.11 Å². The second-order valence-corrected chi connectivity index (χ2v) is 8.64. The smallest absolute Gasteiger partial charge is 0.295 e. The minimum absolute atomic E-state index is 0.108. The fourth-order valence-corrected chi connectivity index (χ4v) is 4.68. The Labute approximate surface area is 185 Å². The first kappa shape index (κ1) is 20.9. The number of hydrogen-bond acceptors (Lipinski definition) is 5. The number of methoxy groups -OCH3 is 1. The molecule has 1 aliphatic heterocycles. The number of thiophene rings is 1. The maximum Gasteiger partial charge on any atom is 0.295 e.